The zero-order chi connectivity index (χ0) is 19.1. The van der Waals surface area contributed by atoms with Crippen LogP contribution in [0.15, 0.2) is 66.9 Å². The Morgan fingerprint density at radius 2 is 1.75 bits per heavy atom. The molecule has 0 amide bonds. The van der Waals surface area contributed by atoms with E-state index in [4.69, 9.17) is 0 Å². The molecule has 0 bridgehead atoms. The molecule has 5 rings (SSSR count). The summed E-state index contributed by atoms with van der Waals surface area (Å²) in [6.45, 7) is 2.15. The minimum absolute atomic E-state index is 0.0590. The molecule has 0 aliphatic carbocycles. The van der Waals surface area contributed by atoms with Gasteiger partial charge in [-0.3, -0.25) is 4.79 Å². The average Bonchev–Trinajstić information content (AvgIpc) is 3.44. The summed E-state index contributed by atoms with van der Waals surface area (Å²) in [4.78, 5) is 15.7. The number of hydrogen-bond donors (Lipinski definition) is 0. The van der Waals surface area contributed by atoms with Crippen LogP contribution in [0, 0.1) is 11.3 Å². The Morgan fingerprint density at radius 1 is 0.964 bits per heavy atom. The highest BCUT2D eigenvalue weighted by Gasteiger charge is 2.18. The van der Waals surface area contributed by atoms with Crippen LogP contribution in [0.4, 0.5) is 5.69 Å². The molecule has 4 heteroatoms. The summed E-state index contributed by atoms with van der Waals surface area (Å²) in [5, 5.41) is 10.3. The van der Waals surface area contributed by atoms with Gasteiger partial charge in [0, 0.05) is 47.0 Å². The van der Waals surface area contributed by atoms with Gasteiger partial charge in [-0.2, -0.15) is 5.26 Å². The molecule has 4 aromatic rings. The third kappa shape index (κ3) is 2.64. The predicted octanol–water partition coefficient (Wildman–Crippen LogP) is 4.80. The Hall–Kier alpha value is -3.58. The van der Waals surface area contributed by atoms with E-state index in [1.807, 2.05) is 65.2 Å². The van der Waals surface area contributed by atoms with E-state index in [-0.39, 0.29) is 5.78 Å². The molecule has 2 aromatic heterocycles. The van der Waals surface area contributed by atoms with Gasteiger partial charge in [-0.1, -0.05) is 6.07 Å². The van der Waals surface area contributed by atoms with E-state index in [1.165, 1.54) is 12.8 Å². The maximum Gasteiger partial charge on any atom is 0.195 e. The maximum atomic E-state index is 13.4. The summed E-state index contributed by atoms with van der Waals surface area (Å²) in [6.07, 6.45) is 4.40. The van der Waals surface area contributed by atoms with Crippen molar-refractivity contribution in [1.82, 2.24) is 4.40 Å². The van der Waals surface area contributed by atoms with E-state index in [1.54, 1.807) is 6.07 Å². The van der Waals surface area contributed by atoms with Crippen molar-refractivity contribution in [2.24, 2.45) is 0 Å². The number of anilines is 1. The SMILES string of the molecule is N#Cc1cc(C(=O)c2ccc(N3CCCC3)cc2)c2c(ccc3cccn32)c1. The summed E-state index contributed by atoms with van der Waals surface area (Å²) in [5.74, 6) is -0.0590. The molecule has 4 nitrogen and oxygen atoms in total. The van der Waals surface area contributed by atoms with Crippen LogP contribution in [0.2, 0.25) is 0 Å². The Labute approximate surface area is 163 Å². The minimum atomic E-state index is -0.0590. The topological polar surface area (TPSA) is 48.5 Å². The van der Waals surface area contributed by atoms with E-state index < -0.39 is 0 Å². The number of hydrogen-bond acceptors (Lipinski definition) is 3. The Morgan fingerprint density at radius 3 is 2.50 bits per heavy atom. The first kappa shape index (κ1) is 16.6. The second kappa shape index (κ2) is 6.54. The van der Waals surface area contributed by atoms with Crippen LogP contribution >= 0.6 is 0 Å². The highest BCUT2D eigenvalue weighted by atomic mass is 16.1. The molecule has 0 unspecified atom stereocenters. The summed E-state index contributed by atoms with van der Waals surface area (Å²) >= 11 is 0. The first-order valence-electron chi connectivity index (χ1n) is 9.58. The Kier molecular flexibility index (Phi) is 3.87. The Bertz CT molecular complexity index is 1240. The number of pyridine rings is 1. The molecule has 28 heavy (non-hydrogen) atoms. The molecule has 136 valence electrons. The van der Waals surface area contributed by atoms with Crippen LogP contribution in [0.3, 0.4) is 0 Å². The van der Waals surface area contributed by atoms with Gasteiger partial charge in [-0.25, -0.2) is 0 Å². The number of nitriles is 1. The van der Waals surface area contributed by atoms with E-state index in [9.17, 15) is 10.1 Å². The fourth-order valence-electron chi connectivity index (χ4n) is 4.15. The van der Waals surface area contributed by atoms with Crippen molar-refractivity contribution in [1.29, 1.82) is 5.26 Å². The fourth-order valence-corrected chi connectivity index (χ4v) is 4.15. The van der Waals surface area contributed by atoms with Gasteiger partial charge in [0.1, 0.15) is 0 Å². The van der Waals surface area contributed by atoms with E-state index >= 15 is 0 Å². The van der Waals surface area contributed by atoms with Gasteiger partial charge in [0.25, 0.3) is 0 Å². The molecular formula is C24H19N3O. The van der Waals surface area contributed by atoms with E-state index in [0.29, 0.717) is 16.7 Å². The fraction of sp³-hybridized carbons (Fsp3) is 0.167. The lowest BCUT2D eigenvalue weighted by Gasteiger charge is -2.17. The van der Waals surface area contributed by atoms with E-state index in [2.05, 4.69) is 11.0 Å². The quantitative estimate of drug-likeness (QED) is 0.490. The second-order valence-electron chi connectivity index (χ2n) is 7.28. The van der Waals surface area contributed by atoms with Gasteiger partial charge < -0.3 is 9.30 Å². The molecule has 1 saturated heterocycles. The van der Waals surface area contributed by atoms with Crippen LogP contribution in [-0.2, 0) is 0 Å². The highest BCUT2D eigenvalue weighted by Crippen LogP contribution is 2.27. The molecule has 0 N–H and O–H groups in total. The molecule has 0 atom stereocenters. The zero-order valence-corrected chi connectivity index (χ0v) is 15.4. The third-order valence-electron chi connectivity index (χ3n) is 5.57. The second-order valence-corrected chi connectivity index (χ2v) is 7.28. The summed E-state index contributed by atoms with van der Waals surface area (Å²) in [7, 11) is 0. The van der Waals surface area contributed by atoms with Crippen molar-refractivity contribution in [3.8, 4) is 6.07 Å². The van der Waals surface area contributed by atoms with Crippen molar-refractivity contribution in [2.75, 3.05) is 18.0 Å². The van der Waals surface area contributed by atoms with Crippen LogP contribution < -0.4 is 4.90 Å². The third-order valence-corrected chi connectivity index (χ3v) is 5.57. The summed E-state index contributed by atoms with van der Waals surface area (Å²) in [6, 6.07) is 21.5. The maximum absolute atomic E-state index is 13.4. The van der Waals surface area contributed by atoms with Crippen LogP contribution in [0.1, 0.15) is 34.3 Å². The lowest BCUT2D eigenvalue weighted by molar-refractivity contribution is 0.104. The van der Waals surface area contributed by atoms with Gasteiger partial charge in [-0.05, 0) is 67.4 Å². The van der Waals surface area contributed by atoms with Crippen molar-refractivity contribution in [2.45, 2.75) is 12.8 Å². The van der Waals surface area contributed by atoms with Gasteiger partial charge in [-0.15, -0.1) is 0 Å². The molecule has 1 aliphatic heterocycles. The summed E-state index contributed by atoms with van der Waals surface area (Å²) < 4.78 is 2.02. The smallest absolute Gasteiger partial charge is 0.195 e. The largest absolute Gasteiger partial charge is 0.372 e. The van der Waals surface area contributed by atoms with Gasteiger partial charge >= 0.3 is 0 Å². The number of ketones is 1. The van der Waals surface area contributed by atoms with Crippen LogP contribution in [-0.4, -0.2) is 23.3 Å². The molecule has 0 saturated carbocycles. The first-order valence-corrected chi connectivity index (χ1v) is 9.58. The lowest BCUT2D eigenvalue weighted by atomic mass is 9.97. The highest BCUT2D eigenvalue weighted by molar-refractivity contribution is 6.16. The number of carbonyl (C=O) groups excluding carboxylic acids is 1. The minimum Gasteiger partial charge on any atom is -0.372 e. The molecule has 1 aliphatic rings. The molecule has 1 fully saturated rings. The molecule has 3 heterocycles. The number of nitrogens with zero attached hydrogens (tertiary/aromatic N) is 3. The predicted molar refractivity (Wildman–Crippen MR) is 111 cm³/mol. The average molecular weight is 365 g/mol. The molecule has 2 aromatic carbocycles. The number of rotatable bonds is 3. The van der Waals surface area contributed by atoms with Crippen molar-refractivity contribution >= 4 is 27.9 Å². The van der Waals surface area contributed by atoms with Crippen molar-refractivity contribution < 1.29 is 4.79 Å². The normalized spacial score (nSPS) is 13.9. The van der Waals surface area contributed by atoms with Gasteiger partial charge in [0.2, 0.25) is 0 Å². The van der Waals surface area contributed by atoms with Crippen molar-refractivity contribution in [3.63, 3.8) is 0 Å². The van der Waals surface area contributed by atoms with Gasteiger partial charge in [0.05, 0.1) is 17.1 Å². The lowest BCUT2D eigenvalue weighted by Crippen LogP contribution is -2.17. The van der Waals surface area contributed by atoms with Crippen LogP contribution in [0.25, 0.3) is 16.4 Å². The van der Waals surface area contributed by atoms with Crippen molar-refractivity contribution in [3.05, 3.63) is 83.6 Å². The van der Waals surface area contributed by atoms with Crippen LogP contribution in [0.5, 0.6) is 0 Å². The summed E-state index contributed by atoms with van der Waals surface area (Å²) in [5.41, 5.74) is 4.73. The van der Waals surface area contributed by atoms with E-state index in [0.717, 1.165) is 35.2 Å². The number of fused-ring (bicyclic) bond motifs is 3. The molecule has 0 radical (unpaired) electrons. The number of benzene rings is 2. The number of aromatic nitrogens is 1. The number of carbonyl (C=O) groups is 1. The first-order chi connectivity index (χ1) is 13.7. The Balaban J connectivity index is 1.64. The molecule has 0 spiro atoms. The van der Waals surface area contributed by atoms with Gasteiger partial charge in [0.15, 0.2) is 5.78 Å². The standard InChI is InChI=1S/C24H19N3O/c25-16-17-14-19-7-10-21-4-3-13-27(21)23(19)22(15-17)24(28)18-5-8-20(9-6-18)26-11-1-2-12-26/h3-10,13-15H,1-2,11-12H2. The monoisotopic (exact) mass is 365 g/mol. The molecular weight excluding hydrogens is 346 g/mol. The zero-order valence-electron chi connectivity index (χ0n) is 15.4.